The van der Waals surface area contributed by atoms with Gasteiger partial charge in [0.15, 0.2) is 5.65 Å². The minimum atomic E-state index is -1.05. The average Bonchev–Trinajstić information content (AvgIpc) is 3.44. The number of carboxylic acids is 1. The van der Waals surface area contributed by atoms with Crippen LogP contribution in [0.25, 0.3) is 27.5 Å². The number of rotatable bonds is 7. The maximum absolute atomic E-state index is 13.8. The quantitative estimate of drug-likeness (QED) is 0.229. The number of aromatic nitrogens is 3. The largest absolute Gasteiger partial charge is 0.478 e. The SMILES string of the molecule is C[C@H](NC(=O)c1cc(-c2ccc(F)cc2)cc2nnc(C(=O)c3ccc4ccccc4c3)n12)c1ccc(C(=O)O)cc1. The number of aromatic carboxylic acids is 1. The van der Waals surface area contributed by atoms with Gasteiger partial charge in [0, 0.05) is 5.56 Å². The summed E-state index contributed by atoms with van der Waals surface area (Å²) in [5, 5.41) is 22.4. The van der Waals surface area contributed by atoms with Crippen LogP contribution in [0, 0.1) is 5.82 Å². The van der Waals surface area contributed by atoms with Gasteiger partial charge in [-0.15, -0.1) is 10.2 Å². The van der Waals surface area contributed by atoms with Gasteiger partial charge in [0.05, 0.1) is 11.6 Å². The molecule has 0 radical (unpaired) electrons. The number of halogens is 1. The van der Waals surface area contributed by atoms with Crippen molar-refractivity contribution in [2.45, 2.75) is 13.0 Å². The Balaban J connectivity index is 1.43. The molecule has 0 saturated carbocycles. The number of nitrogens with zero attached hydrogens (tertiary/aromatic N) is 3. The van der Waals surface area contributed by atoms with Crippen molar-refractivity contribution < 1.29 is 23.9 Å². The van der Waals surface area contributed by atoms with Gasteiger partial charge in [-0.05, 0) is 76.9 Å². The molecule has 0 unspecified atom stereocenters. The number of carbonyl (C=O) groups excluding carboxylic acids is 2. The smallest absolute Gasteiger partial charge is 0.335 e. The van der Waals surface area contributed by atoms with Crippen LogP contribution in [0.4, 0.5) is 4.39 Å². The van der Waals surface area contributed by atoms with E-state index in [1.54, 1.807) is 55.5 Å². The van der Waals surface area contributed by atoms with Crippen molar-refractivity contribution in [3.05, 3.63) is 137 Å². The van der Waals surface area contributed by atoms with Crippen molar-refractivity contribution >= 4 is 34.1 Å². The highest BCUT2D eigenvalue weighted by Crippen LogP contribution is 2.26. The van der Waals surface area contributed by atoms with Gasteiger partial charge in [0.1, 0.15) is 11.5 Å². The fourth-order valence-corrected chi connectivity index (χ4v) is 4.87. The molecule has 0 aliphatic heterocycles. The molecule has 2 aromatic heterocycles. The molecular formula is C33H23FN4O4. The number of nitrogens with one attached hydrogen (secondary N) is 1. The Kier molecular flexibility index (Phi) is 6.76. The van der Waals surface area contributed by atoms with Gasteiger partial charge in [-0.3, -0.25) is 14.0 Å². The van der Waals surface area contributed by atoms with Gasteiger partial charge in [-0.25, -0.2) is 9.18 Å². The summed E-state index contributed by atoms with van der Waals surface area (Å²) in [7, 11) is 0. The molecule has 2 N–H and O–H groups in total. The highest BCUT2D eigenvalue weighted by Gasteiger charge is 2.24. The predicted octanol–water partition coefficient (Wildman–Crippen LogP) is 6.11. The van der Waals surface area contributed by atoms with Crippen LogP contribution in [0.5, 0.6) is 0 Å². The Morgan fingerprint density at radius 3 is 2.19 bits per heavy atom. The van der Waals surface area contributed by atoms with Crippen molar-refractivity contribution in [1.29, 1.82) is 0 Å². The summed E-state index contributed by atoms with van der Waals surface area (Å²) in [4.78, 5) is 38.7. The minimum absolute atomic E-state index is 0.0328. The van der Waals surface area contributed by atoms with Crippen LogP contribution in [-0.2, 0) is 0 Å². The first-order valence-electron chi connectivity index (χ1n) is 13.1. The number of hydrogen-bond donors (Lipinski definition) is 2. The molecule has 8 nitrogen and oxygen atoms in total. The maximum Gasteiger partial charge on any atom is 0.335 e. The molecule has 1 atom stereocenters. The van der Waals surface area contributed by atoms with Crippen molar-refractivity contribution in [3.63, 3.8) is 0 Å². The fourth-order valence-electron chi connectivity index (χ4n) is 4.87. The van der Waals surface area contributed by atoms with Crippen LogP contribution in [0.1, 0.15) is 55.6 Å². The molecule has 0 aliphatic rings. The summed E-state index contributed by atoms with van der Waals surface area (Å²) >= 11 is 0. The van der Waals surface area contributed by atoms with Crippen LogP contribution < -0.4 is 5.32 Å². The normalized spacial score (nSPS) is 11.9. The van der Waals surface area contributed by atoms with E-state index in [-0.39, 0.29) is 22.7 Å². The van der Waals surface area contributed by atoms with Crippen LogP contribution in [0.2, 0.25) is 0 Å². The fraction of sp³-hybridized carbons (Fsp3) is 0.0606. The summed E-state index contributed by atoms with van der Waals surface area (Å²) in [6.45, 7) is 1.77. The number of fused-ring (bicyclic) bond motifs is 2. The third-order valence-electron chi connectivity index (χ3n) is 7.14. The first-order chi connectivity index (χ1) is 20.3. The van der Waals surface area contributed by atoms with E-state index in [1.807, 2.05) is 30.3 Å². The summed E-state index contributed by atoms with van der Waals surface area (Å²) in [5.41, 5.74) is 2.82. The molecule has 0 aliphatic carbocycles. The van der Waals surface area contributed by atoms with Crippen molar-refractivity contribution in [2.75, 3.05) is 0 Å². The standard InChI is InChI=1S/C33H23FN4O4/c1-19(20-6-9-23(10-7-20)33(41)42)35-32(40)28-17-26(22-12-14-27(34)15-13-22)18-29-36-37-31(38(28)29)30(39)25-11-8-21-4-2-3-5-24(21)16-25/h2-19H,1H3,(H,35,40)(H,41,42)/t19-/m0/s1. The molecule has 2 heterocycles. The lowest BCUT2D eigenvalue weighted by molar-refractivity contribution is 0.0696. The maximum atomic E-state index is 13.8. The van der Waals surface area contributed by atoms with E-state index in [4.69, 9.17) is 0 Å². The Morgan fingerprint density at radius 1 is 0.786 bits per heavy atom. The van der Waals surface area contributed by atoms with Gasteiger partial charge >= 0.3 is 5.97 Å². The zero-order valence-corrected chi connectivity index (χ0v) is 22.3. The molecule has 6 rings (SSSR count). The zero-order valence-electron chi connectivity index (χ0n) is 22.3. The Morgan fingerprint density at radius 2 is 1.48 bits per heavy atom. The van der Waals surface area contributed by atoms with Gasteiger partial charge in [-0.2, -0.15) is 0 Å². The van der Waals surface area contributed by atoms with E-state index in [2.05, 4.69) is 15.5 Å². The van der Waals surface area contributed by atoms with Gasteiger partial charge < -0.3 is 10.4 Å². The lowest BCUT2D eigenvalue weighted by Crippen LogP contribution is -2.29. The van der Waals surface area contributed by atoms with E-state index in [1.165, 1.54) is 28.7 Å². The van der Waals surface area contributed by atoms with Gasteiger partial charge in [0.25, 0.3) is 5.91 Å². The number of amides is 1. The molecule has 0 saturated heterocycles. The second-order valence-corrected chi connectivity index (χ2v) is 9.87. The van der Waals surface area contributed by atoms with Crippen LogP contribution in [-0.4, -0.2) is 37.4 Å². The second-order valence-electron chi connectivity index (χ2n) is 9.87. The minimum Gasteiger partial charge on any atom is -0.478 e. The molecule has 9 heteroatoms. The van der Waals surface area contributed by atoms with Crippen molar-refractivity contribution in [3.8, 4) is 11.1 Å². The highest BCUT2D eigenvalue weighted by atomic mass is 19.1. The first-order valence-corrected chi connectivity index (χ1v) is 13.1. The number of carbonyl (C=O) groups is 3. The third-order valence-corrected chi connectivity index (χ3v) is 7.14. The number of pyridine rings is 1. The monoisotopic (exact) mass is 558 g/mol. The second kappa shape index (κ2) is 10.7. The summed E-state index contributed by atoms with van der Waals surface area (Å²) in [5.74, 6) is -2.39. The molecule has 6 aromatic rings. The number of carboxylic acid groups (broad SMARTS) is 1. The van der Waals surface area contributed by atoms with E-state index >= 15 is 0 Å². The lowest BCUT2D eigenvalue weighted by Gasteiger charge is -2.16. The number of ketones is 1. The molecule has 206 valence electrons. The van der Waals surface area contributed by atoms with Crippen LogP contribution in [0.3, 0.4) is 0 Å². The molecule has 1 amide bonds. The third kappa shape index (κ3) is 4.99. The van der Waals surface area contributed by atoms with Crippen molar-refractivity contribution in [1.82, 2.24) is 19.9 Å². The van der Waals surface area contributed by atoms with Gasteiger partial charge in [0.2, 0.25) is 11.6 Å². The van der Waals surface area contributed by atoms with Crippen LogP contribution in [0.15, 0.2) is 103 Å². The topological polar surface area (TPSA) is 114 Å². The summed E-state index contributed by atoms with van der Waals surface area (Å²) in [6.07, 6.45) is 0. The van der Waals surface area contributed by atoms with E-state index in [0.717, 1.165) is 10.8 Å². The highest BCUT2D eigenvalue weighted by molar-refractivity contribution is 6.09. The van der Waals surface area contributed by atoms with E-state index < -0.39 is 29.5 Å². The van der Waals surface area contributed by atoms with E-state index in [0.29, 0.717) is 22.3 Å². The molecule has 0 fully saturated rings. The lowest BCUT2D eigenvalue weighted by atomic mass is 10.0. The van der Waals surface area contributed by atoms with Gasteiger partial charge in [-0.1, -0.05) is 60.7 Å². The molecule has 0 spiro atoms. The molecule has 0 bridgehead atoms. The zero-order chi connectivity index (χ0) is 29.4. The molecule has 42 heavy (non-hydrogen) atoms. The van der Waals surface area contributed by atoms with E-state index in [9.17, 15) is 23.9 Å². The first kappa shape index (κ1) is 26.5. The average molecular weight is 559 g/mol. The Hall–Kier alpha value is -5.70. The molecule has 4 aromatic carbocycles. The predicted molar refractivity (Wildman–Crippen MR) is 155 cm³/mol. The van der Waals surface area contributed by atoms with Crippen molar-refractivity contribution in [2.24, 2.45) is 0 Å². The number of benzene rings is 4. The summed E-state index contributed by atoms with van der Waals surface area (Å²) < 4.78 is 15.0. The Bertz CT molecular complexity index is 2000. The Labute approximate surface area is 239 Å². The molecular weight excluding hydrogens is 535 g/mol. The summed E-state index contributed by atoms with van der Waals surface area (Å²) in [6, 6.07) is 27.8. The number of hydrogen-bond acceptors (Lipinski definition) is 5. The van der Waals surface area contributed by atoms with Crippen LogP contribution >= 0.6 is 0 Å².